The van der Waals surface area contributed by atoms with Crippen molar-refractivity contribution in [1.82, 2.24) is 9.21 Å². The van der Waals surface area contributed by atoms with Gasteiger partial charge in [0.15, 0.2) is 12.4 Å². The van der Waals surface area contributed by atoms with Crippen molar-refractivity contribution in [3.63, 3.8) is 0 Å². The molecule has 3 rings (SSSR count). The maximum atomic E-state index is 12.6. The summed E-state index contributed by atoms with van der Waals surface area (Å²) in [5.41, 5.74) is -0.359. The van der Waals surface area contributed by atoms with Crippen LogP contribution in [-0.4, -0.2) is 73.9 Å². The first-order chi connectivity index (χ1) is 15.5. The molecule has 0 N–H and O–H groups in total. The molecule has 33 heavy (non-hydrogen) atoms. The summed E-state index contributed by atoms with van der Waals surface area (Å²) < 4.78 is 37.2. The summed E-state index contributed by atoms with van der Waals surface area (Å²) >= 11 is 0. The van der Waals surface area contributed by atoms with Gasteiger partial charge in [0, 0.05) is 31.7 Å². The largest absolute Gasteiger partial charge is 0.457 e. The van der Waals surface area contributed by atoms with E-state index >= 15 is 0 Å². The smallest absolute Gasteiger partial charge is 0.410 e. The first kappa shape index (κ1) is 25.2. The molecule has 2 fully saturated rings. The Labute approximate surface area is 195 Å². The third-order valence-electron chi connectivity index (χ3n) is 5.63. The highest BCUT2D eigenvalue weighted by Gasteiger charge is 2.32. The number of benzene rings is 1. The van der Waals surface area contributed by atoms with Crippen LogP contribution in [0.2, 0.25) is 0 Å². The number of Topliss-reactive ketones (excluding diaryl/α,β-unsaturated/α-hetero) is 1. The predicted octanol–water partition coefficient (Wildman–Crippen LogP) is 2.84. The number of ether oxygens (including phenoxy) is 2. The van der Waals surface area contributed by atoms with Crippen molar-refractivity contribution in [2.24, 2.45) is 5.92 Å². The van der Waals surface area contributed by atoms with Crippen molar-refractivity contribution in [1.29, 1.82) is 0 Å². The van der Waals surface area contributed by atoms with Gasteiger partial charge >= 0.3 is 12.1 Å². The van der Waals surface area contributed by atoms with Gasteiger partial charge in [-0.05, 0) is 70.7 Å². The normalized spacial score (nSPS) is 19.8. The number of amides is 1. The molecule has 182 valence electrons. The van der Waals surface area contributed by atoms with Crippen LogP contribution in [0, 0.1) is 5.92 Å². The standard InChI is InChI=1S/C23H32N2O7S/c1-23(2,3)32-22(28)24-12-6-7-18(15-24)21(27)31-16-20(26)17-8-10-19(11-9-17)33(29,30)25-13-4-5-14-25/h8-11,18H,4-7,12-16H2,1-3H3. The van der Waals surface area contributed by atoms with Gasteiger partial charge in [-0.2, -0.15) is 4.31 Å². The van der Waals surface area contributed by atoms with Crippen molar-refractivity contribution < 1.29 is 32.3 Å². The molecule has 0 spiro atoms. The van der Waals surface area contributed by atoms with E-state index < -0.39 is 46.0 Å². The van der Waals surface area contributed by atoms with Crippen LogP contribution in [0.1, 0.15) is 56.8 Å². The van der Waals surface area contributed by atoms with Gasteiger partial charge in [0.1, 0.15) is 5.60 Å². The maximum Gasteiger partial charge on any atom is 0.410 e. The second-order valence-electron chi connectivity index (χ2n) is 9.43. The van der Waals surface area contributed by atoms with Crippen LogP contribution in [0.4, 0.5) is 4.79 Å². The fourth-order valence-corrected chi connectivity index (χ4v) is 5.41. The number of ketones is 1. The van der Waals surface area contributed by atoms with Crippen molar-refractivity contribution in [2.45, 2.75) is 57.0 Å². The lowest BCUT2D eigenvalue weighted by Gasteiger charge is -2.33. The van der Waals surface area contributed by atoms with Gasteiger partial charge < -0.3 is 14.4 Å². The van der Waals surface area contributed by atoms with E-state index in [1.807, 2.05) is 0 Å². The number of nitrogens with zero attached hydrogens (tertiary/aromatic N) is 2. The maximum absolute atomic E-state index is 12.6. The van der Waals surface area contributed by atoms with E-state index in [1.165, 1.54) is 33.5 Å². The van der Waals surface area contributed by atoms with Crippen molar-refractivity contribution in [3.05, 3.63) is 29.8 Å². The molecular formula is C23H32N2O7S. The van der Waals surface area contributed by atoms with E-state index in [9.17, 15) is 22.8 Å². The molecule has 2 heterocycles. The number of sulfonamides is 1. The number of rotatable bonds is 6. The molecular weight excluding hydrogens is 448 g/mol. The summed E-state index contributed by atoms with van der Waals surface area (Å²) in [5, 5.41) is 0. The van der Waals surface area contributed by atoms with Crippen LogP contribution in [0.25, 0.3) is 0 Å². The lowest BCUT2D eigenvalue weighted by Crippen LogP contribution is -2.45. The molecule has 9 nitrogen and oxygen atoms in total. The molecule has 0 bridgehead atoms. The van der Waals surface area contributed by atoms with Crippen LogP contribution >= 0.6 is 0 Å². The van der Waals surface area contributed by atoms with Gasteiger partial charge in [0.2, 0.25) is 10.0 Å². The number of piperidine rings is 1. The minimum Gasteiger partial charge on any atom is -0.457 e. The van der Waals surface area contributed by atoms with Crippen molar-refractivity contribution >= 4 is 27.9 Å². The Bertz CT molecular complexity index is 977. The topological polar surface area (TPSA) is 110 Å². The molecule has 10 heteroatoms. The molecule has 0 aliphatic carbocycles. The fraction of sp³-hybridized carbons (Fsp3) is 0.609. The van der Waals surface area contributed by atoms with Crippen molar-refractivity contribution in [2.75, 3.05) is 32.8 Å². The number of carbonyl (C=O) groups is 3. The summed E-state index contributed by atoms with van der Waals surface area (Å²) in [4.78, 5) is 38.8. The molecule has 0 saturated carbocycles. The van der Waals surface area contributed by atoms with E-state index in [4.69, 9.17) is 9.47 Å². The number of carbonyl (C=O) groups excluding carboxylic acids is 3. The van der Waals surface area contributed by atoms with Gasteiger partial charge in [-0.3, -0.25) is 9.59 Å². The number of likely N-dealkylation sites (tertiary alicyclic amines) is 1. The lowest BCUT2D eigenvalue weighted by atomic mass is 9.98. The van der Waals surface area contributed by atoms with Crippen molar-refractivity contribution in [3.8, 4) is 0 Å². The Morgan fingerprint density at radius 1 is 1.00 bits per heavy atom. The molecule has 2 saturated heterocycles. The highest BCUT2D eigenvalue weighted by atomic mass is 32.2. The summed E-state index contributed by atoms with van der Waals surface area (Å²) in [7, 11) is -3.55. The third-order valence-corrected chi connectivity index (χ3v) is 7.54. The van der Waals surface area contributed by atoms with Gasteiger partial charge in [0.05, 0.1) is 10.8 Å². The Morgan fingerprint density at radius 3 is 2.24 bits per heavy atom. The highest BCUT2D eigenvalue weighted by Crippen LogP contribution is 2.22. The predicted molar refractivity (Wildman–Crippen MR) is 120 cm³/mol. The molecule has 1 unspecified atom stereocenters. The number of esters is 1. The molecule has 2 aliphatic heterocycles. The van der Waals surface area contributed by atoms with Crippen LogP contribution in [0.15, 0.2) is 29.2 Å². The molecule has 2 aliphatic rings. The van der Waals surface area contributed by atoms with Gasteiger partial charge in [0.25, 0.3) is 0 Å². The Kier molecular flexibility index (Phi) is 7.79. The number of hydrogen-bond donors (Lipinski definition) is 0. The average molecular weight is 481 g/mol. The Hall–Kier alpha value is -2.46. The Morgan fingerprint density at radius 2 is 1.64 bits per heavy atom. The van der Waals surface area contributed by atoms with Gasteiger partial charge in [-0.25, -0.2) is 13.2 Å². The fourth-order valence-electron chi connectivity index (χ4n) is 3.89. The second-order valence-corrected chi connectivity index (χ2v) is 11.4. The monoisotopic (exact) mass is 480 g/mol. The summed E-state index contributed by atoms with van der Waals surface area (Å²) in [6.07, 6.45) is 2.42. The lowest BCUT2D eigenvalue weighted by molar-refractivity contribution is -0.149. The number of hydrogen-bond acceptors (Lipinski definition) is 7. The average Bonchev–Trinajstić information content (AvgIpc) is 3.32. The van der Waals surface area contributed by atoms with E-state index in [0.717, 1.165) is 12.8 Å². The van der Waals surface area contributed by atoms with E-state index in [-0.39, 0.29) is 17.0 Å². The van der Waals surface area contributed by atoms with Crippen LogP contribution in [0.5, 0.6) is 0 Å². The van der Waals surface area contributed by atoms with E-state index in [2.05, 4.69) is 0 Å². The quantitative estimate of drug-likeness (QED) is 0.455. The molecule has 1 amide bonds. The van der Waals surface area contributed by atoms with Crippen LogP contribution < -0.4 is 0 Å². The Balaban J connectivity index is 1.52. The van der Waals surface area contributed by atoms with E-state index in [1.54, 1.807) is 20.8 Å². The molecule has 1 aromatic carbocycles. The minimum absolute atomic E-state index is 0.141. The summed E-state index contributed by atoms with van der Waals surface area (Å²) in [6.45, 7) is 6.59. The zero-order chi connectivity index (χ0) is 24.2. The van der Waals surface area contributed by atoms with E-state index in [0.29, 0.717) is 32.5 Å². The highest BCUT2D eigenvalue weighted by molar-refractivity contribution is 7.89. The molecule has 0 radical (unpaired) electrons. The molecule has 1 atom stereocenters. The first-order valence-corrected chi connectivity index (χ1v) is 12.7. The summed E-state index contributed by atoms with van der Waals surface area (Å²) in [5.74, 6) is -1.48. The van der Waals surface area contributed by atoms with Gasteiger partial charge in [-0.15, -0.1) is 0 Å². The van der Waals surface area contributed by atoms with Crippen LogP contribution in [-0.2, 0) is 24.3 Å². The first-order valence-electron chi connectivity index (χ1n) is 11.3. The molecule has 1 aromatic rings. The van der Waals surface area contributed by atoms with Gasteiger partial charge in [-0.1, -0.05) is 0 Å². The zero-order valence-corrected chi connectivity index (χ0v) is 20.2. The third kappa shape index (κ3) is 6.54. The molecule has 0 aromatic heterocycles. The second kappa shape index (κ2) is 10.2. The van der Waals surface area contributed by atoms with Crippen LogP contribution in [0.3, 0.4) is 0 Å². The summed E-state index contributed by atoms with van der Waals surface area (Å²) in [6, 6.07) is 5.68. The zero-order valence-electron chi connectivity index (χ0n) is 19.4. The SMILES string of the molecule is CC(C)(C)OC(=O)N1CCCC(C(=O)OCC(=O)c2ccc(S(=O)(=O)N3CCCC3)cc2)C1. The minimum atomic E-state index is -3.55.